The minimum atomic E-state index is 0.568. The van der Waals surface area contributed by atoms with E-state index in [1.165, 1.54) is 23.1 Å². The van der Waals surface area contributed by atoms with E-state index in [9.17, 15) is 0 Å². The van der Waals surface area contributed by atoms with E-state index in [-0.39, 0.29) is 0 Å². The molecule has 0 aliphatic heterocycles. The molecule has 1 aliphatic carbocycles. The predicted molar refractivity (Wildman–Crippen MR) is 69.6 cm³/mol. The predicted octanol–water partition coefficient (Wildman–Crippen LogP) is 3.61. The van der Waals surface area contributed by atoms with Crippen LogP contribution in [0.25, 0.3) is 0 Å². The largest absolute Gasteiger partial charge is 0.310 e. The molecule has 0 aromatic heterocycles. The lowest BCUT2D eigenvalue weighted by Crippen LogP contribution is -2.23. The average molecular weight is 217 g/mol. The van der Waals surface area contributed by atoms with Crippen molar-refractivity contribution in [3.63, 3.8) is 0 Å². The van der Waals surface area contributed by atoms with Crippen molar-refractivity contribution in [1.29, 1.82) is 0 Å². The van der Waals surface area contributed by atoms with Crippen LogP contribution in [0.1, 0.15) is 43.0 Å². The second-order valence-electron chi connectivity index (χ2n) is 5.33. The van der Waals surface area contributed by atoms with Crippen molar-refractivity contribution < 1.29 is 0 Å². The topological polar surface area (TPSA) is 12.0 Å². The fraction of sp³-hybridized carbons (Fsp3) is 0.600. The molecular weight excluding hydrogens is 194 g/mol. The van der Waals surface area contributed by atoms with Crippen molar-refractivity contribution in [3.05, 3.63) is 34.9 Å². The lowest BCUT2D eigenvalue weighted by atomic mass is 9.97. The first-order valence-electron chi connectivity index (χ1n) is 6.43. The maximum Gasteiger partial charge on any atom is 0.0351 e. The number of hydrogen-bond acceptors (Lipinski definition) is 1. The van der Waals surface area contributed by atoms with Gasteiger partial charge in [-0.1, -0.05) is 43.2 Å². The van der Waals surface area contributed by atoms with Gasteiger partial charge in [0.25, 0.3) is 0 Å². The van der Waals surface area contributed by atoms with E-state index >= 15 is 0 Å². The van der Waals surface area contributed by atoms with Crippen LogP contribution in [0, 0.1) is 25.7 Å². The molecule has 3 unspecified atom stereocenters. The molecule has 2 rings (SSSR count). The Morgan fingerprint density at radius 1 is 1.25 bits per heavy atom. The zero-order chi connectivity index (χ0) is 11.7. The molecule has 1 nitrogen and oxygen atoms in total. The third-order valence-electron chi connectivity index (χ3n) is 3.63. The highest BCUT2D eigenvalue weighted by Gasteiger charge is 2.39. The van der Waals surface area contributed by atoms with Gasteiger partial charge in [-0.05, 0) is 44.2 Å². The highest BCUT2D eigenvalue weighted by Crippen LogP contribution is 2.47. The van der Waals surface area contributed by atoms with Gasteiger partial charge in [-0.25, -0.2) is 0 Å². The highest BCUT2D eigenvalue weighted by molar-refractivity contribution is 5.31. The van der Waals surface area contributed by atoms with E-state index in [1.807, 2.05) is 0 Å². The summed E-state index contributed by atoms with van der Waals surface area (Å²) in [5.41, 5.74) is 4.24. The summed E-state index contributed by atoms with van der Waals surface area (Å²) in [7, 11) is 0. The van der Waals surface area contributed by atoms with Crippen LogP contribution < -0.4 is 5.32 Å². The molecule has 0 amide bonds. The SMILES string of the molecule is CCNC(c1cc(C)cc(C)c1)C1CC1C. The molecule has 1 saturated carbocycles. The van der Waals surface area contributed by atoms with E-state index in [0.29, 0.717) is 6.04 Å². The van der Waals surface area contributed by atoms with Crippen molar-refractivity contribution in [2.75, 3.05) is 6.54 Å². The number of aryl methyl sites for hydroxylation is 2. The summed E-state index contributed by atoms with van der Waals surface area (Å²) in [6.07, 6.45) is 1.38. The third-order valence-corrected chi connectivity index (χ3v) is 3.63. The molecule has 1 N–H and O–H groups in total. The Kier molecular flexibility index (Phi) is 3.34. The van der Waals surface area contributed by atoms with Gasteiger partial charge >= 0.3 is 0 Å². The van der Waals surface area contributed by atoms with Crippen LogP contribution in [0.15, 0.2) is 18.2 Å². The molecule has 16 heavy (non-hydrogen) atoms. The van der Waals surface area contributed by atoms with Crippen molar-refractivity contribution in [3.8, 4) is 0 Å². The van der Waals surface area contributed by atoms with Gasteiger partial charge in [-0.3, -0.25) is 0 Å². The molecule has 0 radical (unpaired) electrons. The molecule has 0 spiro atoms. The number of benzene rings is 1. The second kappa shape index (κ2) is 4.58. The highest BCUT2D eigenvalue weighted by atomic mass is 14.9. The molecule has 3 atom stereocenters. The van der Waals surface area contributed by atoms with Crippen LogP contribution >= 0.6 is 0 Å². The average Bonchev–Trinajstić information content (AvgIpc) is 2.90. The molecule has 1 aromatic rings. The summed E-state index contributed by atoms with van der Waals surface area (Å²) >= 11 is 0. The lowest BCUT2D eigenvalue weighted by molar-refractivity contribution is 0.475. The first-order chi connectivity index (χ1) is 7.61. The zero-order valence-electron chi connectivity index (χ0n) is 10.9. The lowest BCUT2D eigenvalue weighted by Gasteiger charge is -2.19. The van der Waals surface area contributed by atoms with Gasteiger partial charge in [0.2, 0.25) is 0 Å². The van der Waals surface area contributed by atoms with Crippen LogP contribution in [-0.2, 0) is 0 Å². The number of nitrogens with one attached hydrogen (secondary N) is 1. The van der Waals surface area contributed by atoms with E-state index in [4.69, 9.17) is 0 Å². The van der Waals surface area contributed by atoms with Crippen LogP contribution in [0.3, 0.4) is 0 Å². The molecule has 0 bridgehead atoms. The van der Waals surface area contributed by atoms with Crippen LogP contribution in [0.2, 0.25) is 0 Å². The van der Waals surface area contributed by atoms with Gasteiger partial charge < -0.3 is 5.32 Å². The van der Waals surface area contributed by atoms with Gasteiger partial charge in [0.1, 0.15) is 0 Å². The monoisotopic (exact) mass is 217 g/mol. The normalized spacial score (nSPS) is 25.5. The van der Waals surface area contributed by atoms with Crippen molar-refractivity contribution in [2.24, 2.45) is 11.8 Å². The summed E-state index contributed by atoms with van der Waals surface area (Å²) in [6.45, 7) is 9.99. The molecule has 0 saturated heterocycles. The number of hydrogen-bond donors (Lipinski definition) is 1. The maximum absolute atomic E-state index is 3.65. The van der Waals surface area contributed by atoms with Crippen molar-refractivity contribution >= 4 is 0 Å². The second-order valence-corrected chi connectivity index (χ2v) is 5.33. The van der Waals surface area contributed by atoms with E-state index in [2.05, 4.69) is 51.2 Å². The quantitative estimate of drug-likeness (QED) is 0.812. The number of rotatable bonds is 4. The van der Waals surface area contributed by atoms with Crippen LogP contribution in [-0.4, -0.2) is 6.54 Å². The Balaban J connectivity index is 2.24. The Morgan fingerprint density at radius 2 is 1.81 bits per heavy atom. The third kappa shape index (κ3) is 2.46. The fourth-order valence-electron chi connectivity index (χ4n) is 2.74. The van der Waals surface area contributed by atoms with Gasteiger partial charge in [0, 0.05) is 6.04 Å². The molecule has 1 fully saturated rings. The Hall–Kier alpha value is -0.820. The Bertz CT molecular complexity index is 349. The smallest absolute Gasteiger partial charge is 0.0351 e. The maximum atomic E-state index is 3.65. The van der Waals surface area contributed by atoms with Crippen LogP contribution in [0.5, 0.6) is 0 Å². The minimum Gasteiger partial charge on any atom is -0.310 e. The Labute approximate surface area is 99.3 Å². The summed E-state index contributed by atoms with van der Waals surface area (Å²) < 4.78 is 0. The first-order valence-corrected chi connectivity index (χ1v) is 6.43. The van der Waals surface area contributed by atoms with E-state index in [1.54, 1.807) is 0 Å². The van der Waals surface area contributed by atoms with Crippen LogP contribution in [0.4, 0.5) is 0 Å². The van der Waals surface area contributed by atoms with E-state index in [0.717, 1.165) is 18.4 Å². The summed E-state index contributed by atoms with van der Waals surface area (Å²) in [5.74, 6) is 1.74. The Morgan fingerprint density at radius 3 is 2.25 bits per heavy atom. The zero-order valence-corrected chi connectivity index (χ0v) is 10.9. The molecule has 1 aromatic carbocycles. The summed E-state index contributed by atoms with van der Waals surface area (Å²) in [5, 5.41) is 3.65. The van der Waals surface area contributed by atoms with Crippen molar-refractivity contribution in [1.82, 2.24) is 5.32 Å². The molecule has 1 aliphatic rings. The van der Waals surface area contributed by atoms with Gasteiger partial charge in [-0.2, -0.15) is 0 Å². The first kappa shape index (κ1) is 11.7. The van der Waals surface area contributed by atoms with Gasteiger partial charge in [0.15, 0.2) is 0 Å². The minimum absolute atomic E-state index is 0.568. The molecule has 1 heteroatoms. The molecular formula is C15H23N. The molecule has 88 valence electrons. The standard InChI is InChI=1S/C15H23N/c1-5-16-15(14-9-12(14)4)13-7-10(2)6-11(3)8-13/h6-8,12,14-16H,5,9H2,1-4H3. The summed E-state index contributed by atoms with van der Waals surface area (Å²) in [4.78, 5) is 0. The summed E-state index contributed by atoms with van der Waals surface area (Å²) in [6, 6.07) is 7.50. The fourth-order valence-corrected chi connectivity index (χ4v) is 2.74. The van der Waals surface area contributed by atoms with Gasteiger partial charge in [0.05, 0.1) is 0 Å². The van der Waals surface area contributed by atoms with E-state index < -0.39 is 0 Å². The molecule has 0 heterocycles. The van der Waals surface area contributed by atoms with Gasteiger partial charge in [-0.15, -0.1) is 0 Å². The van der Waals surface area contributed by atoms with Crippen molar-refractivity contribution in [2.45, 2.75) is 40.2 Å².